The minimum atomic E-state index is -0.364. The van der Waals surface area contributed by atoms with Crippen LogP contribution in [0.15, 0.2) is 0 Å². The molecule has 2 heteroatoms. The highest BCUT2D eigenvalue weighted by molar-refractivity contribution is 4.77. The highest BCUT2D eigenvalue weighted by atomic mass is 14.9. The van der Waals surface area contributed by atoms with Crippen LogP contribution in [0.5, 0.6) is 0 Å². The first-order valence-electron chi connectivity index (χ1n) is 15.3. The second kappa shape index (κ2) is 22.7. The van der Waals surface area contributed by atoms with Crippen molar-refractivity contribution < 1.29 is 0 Å². The van der Waals surface area contributed by atoms with Gasteiger partial charge in [-0.05, 0) is 12.8 Å². The van der Waals surface area contributed by atoms with Crippen molar-refractivity contribution in [2.45, 2.75) is 192 Å². The molecule has 0 saturated heterocycles. The summed E-state index contributed by atoms with van der Waals surface area (Å²) < 4.78 is 0. The number of hydrogen-bond acceptors (Lipinski definition) is 2. The normalized spacial score (nSPS) is 24.9. The molecule has 3 saturated carbocycles. The summed E-state index contributed by atoms with van der Waals surface area (Å²) in [7, 11) is 0. The standard InChI is InChI=1S/C10H22N2.2C10H20/c11-10(12)8-6-4-2-1-3-5-7-9-10;2*1-2-4-6-8-10-9-7-5-3-1/h1-9,11-12H2;2*1-10H2. The van der Waals surface area contributed by atoms with Gasteiger partial charge in [-0.3, -0.25) is 0 Å². The first kappa shape index (κ1) is 30.0. The van der Waals surface area contributed by atoms with Crippen LogP contribution >= 0.6 is 0 Å². The van der Waals surface area contributed by atoms with Crippen molar-refractivity contribution in [3.8, 4) is 0 Å². The lowest BCUT2D eigenvalue weighted by Gasteiger charge is -2.25. The lowest BCUT2D eigenvalue weighted by Crippen LogP contribution is -2.49. The monoisotopic (exact) mass is 450 g/mol. The molecule has 0 amide bonds. The Kier molecular flexibility index (Phi) is 21.2. The third kappa shape index (κ3) is 21.7. The maximum Gasteiger partial charge on any atom is 0.0636 e. The third-order valence-corrected chi connectivity index (χ3v) is 7.78. The summed E-state index contributed by atoms with van der Waals surface area (Å²) in [5.41, 5.74) is 11.5. The summed E-state index contributed by atoms with van der Waals surface area (Å²) in [5.74, 6) is 0. The van der Waals surface area contributed by atoms with Crippen molar-refractivity contribution in [1.82, 2.24) is 0 Å². The largest absolute Gasteiger partial charge is 0.313 e. The predicted molar refractivity (Wildman–Crippen MR) is 145 cm³/mol. The highest BCUT2D eigenvalue weighted by Gasteiger charge is 2.18. The Hall–Kier alpha value is -0.0800. The van der Waals surface area contributed by atoms with Gasteiger partial charge in [0.25, 0.3) is 0 Å². The first-order chi connectivity index (χ1) is 15.7. The third-order valence-electron chi connectivity index (χ3n) is 7.78. The average molecular weight is 451 g/mol. The molecule has 3 aliphatic carbocycles. The summed E-state index contributed by atoms with van der Waals surface area (Å²) in [4.78, 5) is 0. The summed E-state index contributed by atoms with van der Waals surface area (Å²) >= 11 is 0. The summed E-state index contributed by atoms with van der Waals surface area (Å²) in [6.45, 7) is 0. The van der Waals surface area contributed by atoms with Gasteiger partial charge < -0.3 is 11.5 Å². The highest BCUT2D eigenvalue weighted by Crippen LogP contribution is 2.19. The van der Waals surface area contributed by atoms with E-state index in [1.807, 2.05) is 0 Å². The van der Waals surface area contributed by atoms with E-state index >= 15 is 0 Å². The SMILES string of the molecule is C1CCCCCCCCC1.C1CCCCCCCCC1.NC1(N)CCCCCCCCC1. The maximum absolute atomic E-state index is 5.95. The maximum atomic E-state index is 5.95. The molecule has 0 unspecified atom stereocenters. The van der Waals surface area contributed by atoms with Crippen LogP contribution in [-0.4, -0.2) is 5.66 Å². The fourth-order valence-electron chi connectivity index (χ4n) is 5.45. The molecule has 0 aromatic carbocycles. The Morgan fingerprint density at radius 2 is 0.344 bits per heavy atom. The summed E-state index contributed by atoms with van der Waals surface area (Å²) in [5, 5.41) is 0. The van der Waals surface area contributed by atoms with Crippen molar-refractivity contribution in [1.29, 1.82) is 0 Å². The zero-order chi connectivity index (χ0) is 23.0. The van der Waals surface area contributed by atoms with E-state index in [0.717, 1.165) is 12.8 Å². The smallest absolute Gasteiger partial charge is 0.0636 e. The summed E-state index contributed by atoms with van der Waals surface area (Å²) in [6, 6.07) is 0. The molecule has 2 nitrogen and oxygen atoms in total. The van der Waals surface area contributed by atoms with Gasteiger partial charge >= 0.3 is 0 Å². The van der Waals surface area contributed by atoms with Crippen LogP contribution in [0.25, 0.3) is 0 Å². The van der Waals surface area contributed by atoms with Crippen molar-refractivity contribution >= 4 is 0 Å². The molecule has 3 fully saturated rings. The lowest BCUT2D eigenvalue weighted by atomic mass is 9.94. The zero-order valence-electron chi connectivity index (χ0n) is 22.2. The van der Waals surface area contributed by atoms with Crippen LogP contribution in [-0.2, 0) is 0 Å². The molecule has 32 heavy (non-hydrogen) atoms. The molecule has 0 aromatic rings. The number of hydrogen-bond donors (Lipinski definition) is 2. The molecule has 0 atom stereocenters. The second-order valence-electron chi connectivity index (χ2n) is 11.3. The van der Waals surface area contributed by atoms with E-state index in [2.05, 4.69) is 0 Å². The van der Waals surface area contributed by atoms with E-state index in [4.69, 9.17) is 11.5 Å². The van der Waals surface area contributed by atoms with Gasteiger partial charge in [0.1, 0.15) is 0 Å². The predicted octanol–water partition coefficient (Wildman–Crippen LogP) is 9.93. The van der Waals surface area contributed by atoms with Gasteiger partial charge in [0.15, 0.2) is 0 Å². The quantitative estimate of drug-likeness (QED) is 0.361. The van der Waals surface area contributed by atoms with Gasteiger partial charge in [-0.2, -0.15) is 0 Å². The molecule has 0 heterocycles. The fraction of sp³-hybridized carbons (Fsp3) is 1.00. The van der Waals surface area contributed by atoms with E-state index in [1.54, 1.807) is 0 Å². The Balaban J connectivity index is 0.000000241. The Morgan fingerprint density at radius 1 is 0.219 bits per heavy atom. The second-order valence-corrected chi connectivity index (χ2v) is 11.3. The molecule has 3 aliphatic rings. The van der Waals surface area contributed by atoms with Crippen LogP contribution in [0, 0.1) is 0 Å². The van der Waals surface area contributed by atoms with Crippen molar-refractivity contribution in [2.75, 3.05) is 0 Å². The minimum absolute atomic E-state index is 0.364. The van der Waals surface area contributed by atoms with Crippen molar-refractivity contribution in [3.63, 3.8) is 0 Å². The van der Waals surface area contributed by atoms with Crippen LogP contribution in [0.4, 0.5) is 0 Å². The molecule has 0 spiro atoms. The topological polar surface area (TPSA) is 52.0 Å². The minimum Gasteiger partial charge on any atom is -0.313 e. The Bertz CT molecular complexity index is 267. The Morgan fingerprint density at radius 3 is 0.500 bits per heavy atom. The number of rotatable bonds is 0. The summed E-state index contributed by atoms with van der Waals surface area (Å²) in [6.07, 6.45) is 41.2. The lowest BCUT2D eigenvalue weighted by molar-refractivity contribution is 0.336. The van der Waals surface area contributed by atoms with Gasteiger partial charge in [0.05, 0.1) is 5.66 Å². The molecule has 3 rings (SSSR count). The van der Waals surface area contributed by atoms with Gasteiger partial charge in [-0.1, -0.05) is 173 Å². The van der Waals surface area contributed by atoms with E-state index in [-0.39, 0.29) is 5.66 Å². The van der Waals surface area contributed by atoms with Crippen molar-refractivity contribution in [3.05, 3.63) is 0 Å². The average Bonchev–Trinajstić information content (AvgIpc) is 2.81. The van der Waals surface area contributed by atoms with Crippen LogP contribution < -0.4 is 11.5 Å². The van der Waals surface area contributed by atoms with Gasteiger partial charge in [0, 0.05) is 0 Å². The van der Waals surface area contributed by atoms with Gasteiger partial charge in [-0.15, -0.1) is 0 Å². The molecule has 192 valence electrons. The van der Waals surface area contributed by atoms with Gasteiger partial charge in [0.2, 0.25) is 0 Å². The molecule has 0 aliphatic heterocycles. The zero-order valence-corrected chi connectivity index (χ0v) is 22.2. The van der Waals surface area contributed by atoms with Crippen LogP contribution in [0.3, 0.4) is 0 Å². The van der Waals surface area contributed by atoms with E-state index < -0.39 is 0 Å². The molecule has 4 N–H and O–H groups in total. The molecule has 0 aromatic heterocycles. The van der Waals surface area contributed by atoms with Crippen LogP contribution in [0.1, 0.15) is 186 Å². The van der Waals surface area contributed by atoms with Crippen molar-refractivity contribution in [2.24, 2.45) is 11.5 Å². The van der Waals surface area contributed by atoms with E-state index in [1.165, 1.54) is 173 Å². The van der Waals surface area contributed by atoms with E-state index in [9.17, 15) is 0 Å². The molecule has 0 bridgehead atoms. The molecule has 0 radical (unpaired) electrons. The van der Waals surface area contributed by atoms with Crippen LogP contribution in [0.2, 0.25) is 0 Å². The first-order valence-corrected chi connectivity index (χ1v) is 15.3. The molecular formula is C30H62N2. The van der Waals surface area contributed by atoms with E-state index in [0.29, 0.717) is 0 Å². The Labute approximate surface area is 203 Å². The molecular weight excluding hydrogens is 388 g/mol. The number of nitrogens with two attached hydrogens (primary N) is 2. The van der Waals surface area contributed by atoms with Gasteiger partial charge in [-0.25, -0.2) is 0 Å². The fourth-order valence-corrected chi connectivity index (χ4v) is 5.45.